The highest BCUT2D eigenvalue weighted by atomic mass is 35.5. The number of rotatable bonds is 7. The first-order chi connectivity index (χ1) is 15.0. The van der Waals surface area contributed by atoms with E-state index in [1.54, 1.807) is 24.5 Å². The monoisotopic (exact) mass is 456 g/mol. The van der Waals surface area contributed by atoms with E-state index in [1.807, 2.05) is 12.1 Å². The van der Waals surface area contributed by atoms with Gasteiger partial charge >= 0.3 is 0 Å². The van der Waals surface area contributed by atoms with Crippen LogP contribution in [0.3, 0.4) is 0 Å². The van der Waals surface area contributed by atoms with Gasteiger partial charge in [0.15, 0.2) is 5.78 Å². The van der Waals surface area contributed by atoms with Gasteiger partial charge in [0.25, 0.3) is 5.91 Å². The third-order valence-electron chi connectivity index (χ3n) is 5.65. The average molecular weight is 457 g/mol. The predicted octanol–water partition coefficient (Wildman–Crippen LogP) is 4.18. The number of benzene rings is 1. The Labute approximate surface area is 191 Å². The Kier molecular flexibility index (Phi) is 6.90. The predicted molar refractivity (Wildman–Crippen MR) is 123 cm³/mol. The van der Waals surface area contributed by atoms with Crippen molar-refractivity contribution in [1.29, 1.82) is 0 Å². The van der Waals surface area contributed by atoms with Crippen LogP contribution in [0.25, 0.3) is 0 Å². The van der Waals surface area contributed by atoms with E-state index in [9.17, 15) is 9.59 Å². The lowest BCUT2D eigenvalue weighted by molar-refractivity contribution is -0.120. The van der Waals surface area contributed by atoms with Crippen LogP contribution in [0.15, 0.2) is 53.1 Å². The Balaban J connectivity index is 1.49. The molecule has 0 saturated carbocycles. The molecular formula is C24H25ClN2O3S. The highest BCUT2D eigenvalue weighted by Crippen LogP contribution is 2.22. The molecule has 162 valence electrons. The molecule has 0 fully saturated rings. The smallest absolute Gasteiger partial charge is 0.261 e. The second-order valence-electron chi connectivity index (χ2n) is 7.96. The number of amides is 1. The van der Waals surface area contributed by atoms with Gasteiger partial charge < -0.3 is 14.6 Å². The zero-order valence-corrected chi connectivity index (χ0v) is 19.0. The van der Waals surface area contributed by atoms with E-state index in [-0.39, 0.29) is 18.1 Å². The van der Waals surface area contributed by atoms with Crippen LogP contribution in [0, 0.1) is 0 Å². The van der Waals surface area contributed by atoms with E-state index >= 15 is 0 Å². The fourth-order valence-corrected chi connectivity index (χ4v) is 4.81. The van der Waals surface area contributed by atoms with Crippen LogP contribution in [0.4, 0.5) is 0 Å². The molecule has 5 nitrogen and oxygen atoms in total. The molecule has 1 aromatic carbocycles. The number of halogens is 1. The summed E-state index contributed by atoms with van der Waals surface area (Å²) in [6.45, 7) is 2.07. The van der Waals surface area contributed by atoms with Gasteiger partial charge in [-0.2, -0.15) is 0 Å². The van der Waals surface area contributed by atoms with Crippen molar-refractivity contribution in [2.75, 3.05) is 20.1 Å². The Morgan fingerprint density at radius 1 is 1.16 bits per heavy atom. The first kappa shape index (κ1) is 21.8. The van der Waals surface area contributed by atoms with Crippen molar-refractivity contribution in [3.05, 3.63) is 80.4 Å². The molecule has 1 aliphatic rings. The maximum atomic E-state index is 13.2. The SMILES string of the molecule is CN1CCc2ccc(CC(=O)[C@@H](Cc3ccco3)NC(=O)c3ccc(Cl)s3)cc2CC1. The van der Waals surface area contributed by atoms with Gasteiger partial charge in [0.1, 0.15) is 5.76 Å². The standard InChI is InChI=1S/C24H25ClN2O3S/c1-27-10-8-17-5-4-16(13-18(17)9-11-27)14-21(28)20(15-19-3-2-12-30-19)26-24(29)22-6-7-23(25)31-22/h2-7,12-13,20H,8-11,14-15H2,1H3,(H,26,29)/t20-/m1/s1. The Hall–Kier alpha value is -2.41. The van der Waals surface area contributed by atoms with Crippen molar-refractivity contribution >= 4 is 34.6 Å². The molecule has 0 aliphatic carbocycles. The molecule has 7 heteroatoms. The first-order valence-corrected chi connectivity index (χ1v) is 11.6. The van der Waals surface area contributed by atoms with Crippen molar-refractivity contribution < 1.29 is 14.0 Å². The van der Waals surface area contributed by atoms with Gasteiger partial charge in [-0.05, 0) is 60.8 Å². The summed E-state index contributed by atoms with van der Waals surface area (Å²) in [5.41, 5.74) is 3.65. The summed E-state index contributed by atoms with van der Waals surface area (Å²) in [7, 11) is 2.14. The summed E-state index contributed by atoms with van der Waals surface area (Å²) >= 11 is 7.15. The maximum absolute atomic E-state index is 13.2. The molecule has 2 aromatic heterocycles. The average Bonchev–Trinajstić information content (AvgIpc) is 3.38. The van der Waals surface area contributed by atoms with Crippen LogP contribution in [0.5, 0.6) is 0 Å². The van der Waals surface area contributed by atoms with Crippen molar-refractivity contribution in [1.82, 2.24) is 10.2 Å². The number of hydrogen-bond acceptors (Lipinski definition) is 5. The number of fused-ring (bicyclic) bond motifs is 1. The Morgan fingerprint density at radius 3 is 2.68 bits per heavy atom. The van der Waals surface area contributed by atoms with Crippen LogP contribution < -0.4 is 5.32 Å². The van der Waals surface area contributed by atoms with Gasteiger partial charge in [-0.3, -0.25) is 9.59 Å². The zero-order chi connectivity index (χ0) is 21.8. The molecule has 1 amide bonds. The minimum Gasteiger partial charge on any atom is -0.469 e. The topological polar surface area (TPSA) is 62.6 Å². The molecule has 0 bridgehead atoms. The lowest BCUT2D eigenvalue weighted by Gasteiger charge is -2.17. The highest BCUT2D eigenvalue weighted by Gasteiger charge is 2.24. The number of likely N-dealkylation sites (N-methyl/N-ethyl adjacent to an activating group) is 1. The van der Waals surface area contributed by atoms with E-state index in [0.717, 1.165) is 31.5 Å². The van der Waals surface area contributed by atoms with Crippen LogP contribution in [-0.4, -0.2) is 42.8 Å². The minimum atomic E-state index is -0.676. The van der Waals surface area contributed by atoms with Gasteiger partial charge in [0.05, 0.1) is 21.5 Å². The van der Waals surface area contributed by atoms with Crippen molar-refractivity contribution in [3.63, 3.8) is 0 Å². The number of ketones is 1. The normalized spacial score (nSPS) is 15.2. The molecule has 0 unspecified atom stereocenters. The lowest BCUT2D eigenvalue weighted by atomic mass is 9.95. The largest absolute Gasteiger partial charge is 0.469 e. The maximum Gasteiger partial charge on any atom is 0.261 e. The molecule has 1 aliphatic heterocycles. The quantitative estimate of drug-likeness (QED) is 0.579. The van der Waals surface area contributed by atoms with E-state index < -0.39 is 6.04 Å². The summed E-state index contributed by atoms with van der Waals surface area (Å²) in [5.74, 6) is 0.317. The molecule has 4 rings (SSSR count). The molecule has 1 N–H and O–H groups in total. The van der Waals surface area contributed by atoms with Crippen molar-refractivity contribution in [3.8, 4) is 0 Å². The summed E-state index contributed by atoms with van der Waals surface area (Å²) in [5, 5.41) is 2.88. The minimum absolute atomic E-state index is 0.0434. The Morgan fingerprint density at radius 2 is 1.97 bits per heavy atom. The van der Waals surface area contributed by atoms with Gasteiger partial charge in [0.2, 0.25) is 0 Å². The second kappa shape index (κ2) is 9.81. The summed E-state index contributed by atoms with van der Waals surface area (Å²) in [6.07, 6.45) is 4.16. The summed E-state index contributed by atoms with van der Waals surface area (Å²) < 4.78 is 5.96. The zero-order valence-electron chi connectivity index (χ0n) is 17.4. The van der Waals surface area contributed by atoms with E-state index in [2.05, 4.69) is 29.4 Å². The van der Waals surface area contributed by atoms with Crippen LogP contribution in [0.2, 0.25) is 4.34 Å². The van der Waals surface area contributed by atoms with Gasteiger partial charge in [-0.25, -0.2) is 0 Å². The molecule has 0 spiro atoms. The third-order valence-corrected chi connectivity index (χ3v) is 6.88. The molecule has 1 atom stereocenters. The van der Waals surface area contributed by atoms with E-state index in [0.29, 0.717) is 21.4 Å². The highest BCUT2D eigenvalue weighted by molar-refractivity contribution is 7.18. The molecule has 3 heterocycles. The number of nitrogens with zero attached hydrogens (tertiary/aromatic N) is 1. The molecule has 0 saturated heterocycles. The number of furan rings is 1. The second-order valence-corrected chi connectivity index (χ2v) is 9.68. The van der Waals surface area contributed by atoms with Gasteiger partial charge in [0, 0.05) is 25.9 Å². The van der Waals surface area contributed by atoms with E-state index in [1.165, 1.54) is 22.5 Å². The third kappa shape index (κ3) is 5.64. The van der Waals surface area contributed by atoms with Crippen LogP contribution in [-0.2, 0) is 30.5 Å². The number of nitrogens with one attached hydrogen (secondary N) is 1. The number of carbonyl (C=O) groups is 2. The fraction of sp³-hybridized carbons (Fsp3) is 0.333. The number of carbonyl (C=O) groups excluding carboxylic acids is 2. The molecule has 31 heavy (non-hydrogen) atoms. The molecular weight excluding hydrogens is 432 g/mol. The van der Waals surface area contributed by atoms with E-state index in [4.69, 9.17) is 16.0 Å². The number of Topliss-reactive ketones (excluding diaryl/α,β-unsaturated/α-hetero) is 1. The molecule has 0 radical (unpaired) electrons. The molecule has 3 aromatic rings. The lowest BCUT2D eigenvalue weighted by Crippen LogP contribution is -2.42. The van der Waals surface area contributed by atoms with Gasteiger partial charge in [-0.15, -0.1) is 11.3 Å². The Bertz CT molecular complexity index is 1060. The van der Waals surface area contributed by atoms with Crippen molar-refractivity contribution in [2.45, 2.75) is 31.7 Å². The summed E-state index contributed by atoms with van der Waals surface area (Å²) in [4.78, 5) is 28.7. The first-order valence-electron chi connectivity index (χ1n) is 10.4. The fourth-order valence-electron chi connectivity index (χ4n) is 3.87. The number of hydrogen-bond donors (Lipinski definition) is 1. The number of thiophene rings is 1. The summed E-state index contributed by atoms with van der Waals surface area (Å²) in [6, 6.07) is 12.6. The van der Waals surface area contributed by atoms with Crippen LogP contribution in [0.1, 0.15) is 32.1 Å². The van der Waals surface area contributed by atoms with Gasteiger partial charge in [-0.1, -0.05) is 29.8 Å². The van der Waals surface area contributed by atoms with Crippen LogP contribution >= 0.6 is 22.9 Å². The van der Waals surface area contributed by atoms with Crippen molar-refractivity contribution in [2.24, 2.45) is 0 Å².